The zero-order chi connectivity index (χ0) is 18.1. The van der Waals surface area contributed by atoms with Gasteiger partial charge in [-0.3, -0.25) is 0 Å². The molecule has 0 spiro atoms. The van der Waals surface area contributed by atoms with Gasteiger partial charge in [0, 0.05) is 0 Å². The SMILES string of the molecule is c1ccc(C(O[C@@H]2COC[C@@H]3O[C@@H]32)(c2ccccc2)c2ccccc2)cc1. The largest absolute Gasteiger partial charge is 0.376 e. The average molecular weight is 358 g/mol. The van der Waals surface area contributed by atoms with Gasteiger partial charge in [-0.1, -0.05) is 91.0 Å². The van der Waals surface area contributed by atoms with Crippen LogP contribution >= 0.6 is 0 Å². The molecule has 2 aliphatic rings. The third-order valence-electron chi connectivity index (χ3n) is 5.42. The van der Waals surface area contributed by atoms with Gasteiger partial charge < -0.3 is 14.2 Å². The fourth-order valence-corrected chi connectivity index (χ4v) is 4.06. The lowest BCUT2D eigenvalue weighted by Crippen LogP contribution is -2.43. The summed E-state index contributed by atoms with van der Waals surface area (Å²) in [6.45, 7) is 1.22. The van der Waals surface area contributed by atoms with E-state index in [0.29, 0.717) is 13.2 Å². The van der Waals surface area contributed by atoms with Gasteiger partial charge in [-0.2, -0.15) is 0 Å². The second kappa shape index (κ2) is 6.93. The van der Waals surface area contributed by atoms with E-state index in [4.69, 9.17) is 14.2 Å². The molecule has 0 aliphatic carbocycles. The van der Waals surface area contributed by atoms with Gasteiger partial charge >= 0.3 is 0 Å². The predicted octanol–water partition coefficient (Wildman–Crippen LogP) is 4.16. The fraction of sp³-hybridized carbons (Fsp3) is 0.250. The van der Waals surface area contributed by atoms with Crippen molar-refractivity contribution < 1.29 is 14.2 Å². The molecular weight excluding hydrogens is 336 g/mol. The summed E-state index contributed by atoms with van der Waals surface area (Å²) in [6.07, 6.45) is 0.183. The van der Waals surface area contributed by atoms with Gasteiger partial charge in [0.15, 0.2) is 0 Å². The maximum Gasteiger partial charge on any atom is 0.144 e. The molecule has 3 aromatic carbocycles. The first kappa shape index (κ1) is 16.7. The molecule has 3 heteroatoms. The first-order valence-electron chi connectivity index (χ1n) is 9.45. The van der Waals surface area contributed by atoms with E-state index in [1.165, 1.54) is 0 Å². The van der Waals surface area contributed by atoms with Gasteiger partial charge in [0.25, 0.3) is 0 Å². The van der Waals surface area contributed by atoms with Crippen LogP contribution in [0.1, 0.15) is 16.7 Å². The molecule has 0 unspecified atom stereocenters. The molecule has 0 amide bonds. The molecule has 2 aliphatic heterocycles. The molecule has 0 aromatic heterocycles. The Kier molecular flexibility index (Phi) is 4.29. The number of benzene rings is 3. The molecule has 5 rings (SSSR count). The Labute approximate surface area is 159 Å². The second-order valence-corrected chi connectivity index (χ2v) is 7.11. The van der Waals surface area contributed by atoms with Crippen molar-refractivity contribution in [3.8, 4) is 0 Å². The molecule has 0 bridgehead atoms. The molecule has 27 heavy (non-hydrogen) atoms. The van der Waals surface area contributed by atoms with E-state index < -0.39 is 5.60 Å². The van der Waals surface area contributed by atoms with Crippen LogP contribution in [0.2, 0.25) is 0 Å². The zero-order valence-corrected chi connectivity index (χ0v) is 15.0. The highest BCUT2D eigenvalue weighted by Gasteiger charge is 2.52. The summed E-state index contributed by atoms with van der Waals surface area (Å²) in [7, 11) is 0. The number of fused-ring (bicyclic) bond motifs is 1. The number of ether oxygens (including phenoxy) is 3. The van der Waals surface area contributed by atoms with Crippen molar-refractivity contribution in [2.75, 3.05) is 13.2 Å². The highest BCUT2D eigenvalue weighted by atomic mass is 16.7. The van der Waals surface area contributed by atoms with E-state index in [-0.39, 0.29) is 18.3 Å². The van der Waals surface area contributed by atoms with E-state index >= 15 is 0 Å². The molecule has 2 fully saturated rings. The first-order chi connectivity index (χ1) is 13.4. The number of hydrogen-bond donors (Lipinski definition) is 0. The monoisotopic (exact) mass is 358 g/mol. The summed E-state index contributed by atoms with van der Waals surface area (Å²) in [6, 6.07) is 31.3. The number of hydrogen-bond acceptors (Lipinski definition) is 3. The molecule has 0 N–H and O–H groups in total. The Balaban J connectivity index is 1.69. The normalized spacial score (nSPS) is 24.2. The lowest BCUT2D eigenvalue weighted by molar-refractivity contribution is -0.0987. The van der Waals surface area contributed by atoms with Crippen LogP contribution in [0, 0.1) is 0 Å². The van der Waals surface area contributed by atoms with Crippen LogP contribution in [0.3, 0.4) is 0 Å². The molecule has 3 atom stereocenters. The Morgan fingerprint density at radius 2 is 1.15 bits per heavy atom. The Morgan fingerprint density at radius 3 is 1.63 bits per heavy atom. The number of rotatable bonds is 5. The van der Waals surface area contributed by atoms with Gasteiger partial charge in [0.1, 0.15) is 23.9 Å². The third-order valence-corrected chi connectivity index (χ3v) is 5.42. The van der Waals surface area contributed by atoms with Gasteiger partial charge in [-0.15, -0.1) is 0 Å². The molecule has 0 radical (unpaired) electrons. The lowest BCUT2D eigenvalue weighted by Gasteiger charge is -2.39. The van der Waals surface area contributed by atoms with Crippen LogP contribution in [-0.4, -0.2) is 31.5 Å². The molecule has 136 valence electrons. The quantitative estimate of drug-likeness (QED) is 0.507. The highest BCUT2D eigenvalue weighted by Crippen LogP contribution is 2.44. The predicted molar refractivity (Wildman–Crippen MR) is 104 cm³/mol. The van der Waals surface area contributed by atoms with Crippen molar-refractivity contribution in [3.05, 3.63) is 108 Å². The average Bonchev–Trinajstić information content (AvgIpc) is 3.55. The minimum absolute atomic E-state index is 0.107. The van der Waals surface area contributed by atoms with Crippen molar-refractivity contribution in [2.24, 2.45) is 0 Å². The maximum atomic E-state index is 6.94. The van der Waals surface area contributed by atoms with E-state index in [2.05, 4.69) is 72.8 Å². The maximum absolute atomic E-state index is 6.94. The Hall–Kier alpha value is -2.46. The van der Waals surface area contributed by atoms with Crippen LogP contribution in [0.5, 0.6) is 0 Å². The summed E-state index contributed by atoms with van der Waals surface area (Å²) >= 11 is 0. The van der Waals surface area contributed by atoms with Crippen LogP contribution in [0.15, 0.2) is 91.0 Å². The van der Waals surface area contributed by atoms with Crippen molar-refractivity contribution in [1.82, 2.24) is 0 Å². The zero-order valence-electron chi connectivity index (χ0n) is 15.0. The van der Waals surface area contributed by atoms with Crippen molar-refractivity contribution in [1.29, 1.82) is 0 Å². The van der Waals surface area contributed by atoms with Crippen LogP contribution in [0.25, 0.3) is 0 Å². The minimum Gasteiger partial charge on any atom is -0.376 e. The highest BCUT2D eigenvalue weighted by molar-refractivity contribution is 5.47. The van der Waals surface area contributed by atoms with Crippen LogP contribution < -0.4 is 0 Å². The van der Waals surface area contributed by atoms with Crippen LogP contribution in [0.4, 0.5) is 0 Å². The Morgan fingerprint density at radius 1 is 0.667 bits per heavy atom. The molecule has 2 heterocycles. The summed E-state index contributed by atoms with van der Waals surface area (Å²) < 4.78 is 18.5. The Bertz CT molecular complexity index is 783. The fourth-order valence-electron chi connectivity index (χ4n) is 4.06. The molecule has 0 saturated carbocycles. The summed E-state index contributed by atoms with van der Waals surface area (Å²) in [4.78, 5) is 0. The van der Waals surface area contributed by atoms with E-state index in [1.54, 1.807) is 0 Å². The molecule has 2 saturated heterocycles. The molecule has 3 aromatic rings. The van der Waals surface area contributed by atoms with Gasteiger partial charge in [0.2, 0.25) is 0 Å². The van der Waals surface area contributed by atoms with E-state index in [9.17, 15) is 0 Å². The van der Waals surface area contributed by atoms with E-state index in [0.717, 1.165) is 16.7 Å². The number of epoxide rings is 1. The van der Waals surface area contributed by atoms with Gasteiger partial charge in [-0.25, -0.2) is 0 Å². The smallest absolute Gasteiger partial charge is 0.144 e. The third kappa shape index (κ3) is 2.98. The minimum atomic E-state index is -0.717. The first-order valence-corrected chi connectivity index (χ1v) is 9.45. The second-order valence-electron chi connectivity index (χ2n) is 7.11. The summed E-state index contributed by atoms with van der Waals surface area (Å²) in [5.74, 6) is 0. The summed E-state index contributed by atoms with van der Waals surface area (Å²) in [5, 5.41) is 0. The van der Waals surface area contributed by atoms with Crippen molar-refractivity contribution in [3.63, 3.8) is 0 Å². The standard InChI is InChI=1S/C24H22O3/c1-4-10-18(11-5-1)24(19-12-6-2-7-13-19,20-14-8-3-9-15-20)27-22-17-25-16-21-23(22)26-21/h1-15,21-23H,16-17H2/t21-,22+,23-/m0/s1. The van der Waals surface area contributed by atoms with Gasteiger partial charge in [0.05, 0.1) is 13.2 Å². The van der Waals surface area contributed by atoms with Crippen molar-refractivity contribution >= 4 is 0 Å². The molecular formula is C24H22O3. The molecule has 3 nitrogen and oxygen atoms in total. The summed E-state index contributed by atoms with van der Waals surface area (Å²) in [5.41, 5.74) is 2.59. The topological polar surface area (TPSA) is 31.0 Å². The van der Waals surface area contributed by atoms with E-state index in [1.807, 2.05) is 18.2 Å². The lowest BCUT2D eigenvalue weighted by atomic mass is 9.79. The van der Waals surface area contributed by atoms with Crippen LogP contribution in [-0.2, 0) is 19.8 Å². The van der Waals surface area contributed by atoms with Crippen molar-refractivity contribution in [2.45, 2.75) is 23.9 Å². The van der Waals surface area contributed by atoms with Gasteiger partial charge in [-0.05, 0) is 16.7 Å².